The highest BCUT2D eigenvalue weighted by molar-refractivity contribution is 5.32. The molecule has 0 amide bonds. The molecule has 1 fully saturated rings. The van der Waals surface area contributed by atoms with Crippen molar-refractivity contribution in [2.45, 2.75) is 51.2 Å². The SMILES string of the molecule is CC(Nc1nc(N)nc(C(F)(F)F)n1)C1CCCCC1. The summed E-state index contributed by atoms with van der Waals surface area (Å²) in [7, 11) is 0. The highest BCUT2D eigenvalue weighted by atomic mass is 19.4. The van der Waals surface area contributed by atoms with Gasteiger partial charge in [-0.1, -0.05) is 19.3 Å². The molecule has 20 heavy (non-hydrogen) atoms. The first-order chi connectivity index (χ1) is 9.36. The lowest BCUT2D eigenvalue weighted by molar-refractivity contribution is -0.144. The van der Waals surface area contributed by atoms with Gasteiger partial charge in [0.25, 0.3) is 0 Å². The predicted octanol–water partition coefficient (Wildman–Crippen LogP) is 2.85. The number of nitrogens with zero attached hydrogens (tertiary/aromatic N) is 3. The molecule has 1 heterocycles. The number of rotatable bonds is 3. The fourth-order valence-electron chi connectivity index (χ4n) is 2.54. The van der Waals surface area contributed by atoms with Gasteiger partial charge in [-0.15, -0.1) is 0 Å². The van der Waals surface area contributed by atoms with Gasteiger partial charge in [-0.2, -0.15) is 28.1 Å². The van der Waals surface area contributed by atoms with Crippen molar-refractivity contribution >= 4 is 11.9 Å². The van der Waals surface area contributed by atoms with Crippen LogP contribution in [0.4, 0.5) is 25.1 Å². The van der Waals surface area contributed by atoms with E-state index < -0.39 is 17.9 Å². The fraction of sp³-hybridized carbons (Fsp3) is 0.750. The first-order valence-corrected chi connectivity index (χ1v) is 6.71. The second-order valence-corrected chi connectivity index (χ2v) is 5.17. The van der Waals surface area contributed by atoms with Gasteiger partial charge < -0.3 is 11.1 Å². The van der Waals surface area contributed by atoms with Crippen molar-refractivity contribution in [1.29, 1.82) is 0 Å². The second kappa shape index (κ2) is 5.80. The monoisotopic (exact) mass is 289 g/mol. The van der Waals surface area contributed by atoms with Crippen molar-refractivity contribution in [2.24, 2.45) is 5.92 Å². The van der Waals surface area contributed by atoms with Crippen LogP contribution in [0.1, 0.15) is 44.9 Å². The number of alkyl halides is 3. The minimum atomic E-state index is -4.62. The van der Waals surface area contributed by atoms with Crippen molar-refractivity contribution in [1.82, 2.24) is 15.0 Å². The molecule has 1 unspecified atom stereocenters. The Kier molecular flexibility index (Phi) is 4.29. The van der Waals surface area contributed by atoms with Gasteiger partial charge in [0.1, 0.15) is 0 Å². The molecule has 5 nitrogen and oxygen atoms in total. The van der Waals surface area contributed by atoms with E-state index in [1.54, 1.807) is 0 Å². The summed E-state index contributed by atoms with van der Waals surface area (Å²) >= 11 is 0. The number of aromatic nitrogens is 3. The maximum atomic E-state index is 12.6. The summed E-state index contributed by atoms with van der Waals surface area (Å²) in [5.74, 6) is -1.37. The molecule has 1 aromatic heterocycles. The highest BCUT2D eigenvalue weighted by Gasteiger charge is 2.36. The maximum Gasteiger partial charge on any atom is 0.451 e. The zero-order valence-corrected chi connectivity index (χ0v) is 11.2. The third kappa shape index (κ3) is 3.71. The molecule has 0 bridgehead atoms. The van der Waals surface area contributed by atoms with Crippen LogP contribution in [0, 0.1) is 5.92 Å². The molecule has 1 atom stereocenters. The molecular weight excluding hydrogens is 271 g/mol. The minimum Gasteiger partial charge on any atom is -0.368 e. The Labute approximate surface area is 115 Å². The average Bonchev–Trinajstić information content (AvgIpc) is 2.38. The maximum absolute atomic E-state index is 12.6. The lowest BCUT2D eigenvalue weighted by Crippen LogP contribution is -2.29. The van der Waals surface area contributed by atoms with E-state index in [-0.39, 0.29) is 12.0 Å². The van der Waals surface area contributed by atoms with Gasteiger partial charge in [0.2, 0.25) is 17.7 Å². The van der Waals surface area contributed by atoms with Gasteiger partial charge in [-0.3, -0.25) is 0 Å². The summed E-state index contributed by atoms with van der Waals surface area (Å²) < 4.78 is 37.8. The molecule has 0 spiro atoms. The van der Waals surface area contributed by atoms with Crippen LogP contribution in [-0.4, -0.2) is 21.0 Å². The third-order valence-electron chi connectivity index (χ3n) is 3.62. The van der Waals surface area contributed by atoms with E-state index in [1.807, 2.05) is 6.92 Å². The largest absolute Gasteiger partial charge is 0.451 e. The topological polar surface area (TPSA) is 76.7 Å². The van der Waals surface area contributed by atoms with Crippen LogP contribution in [0.2, 0.25) is 0 Å². The number of halogens is 3. The van der Waals surface area contributed by atoms with Crippen LogP contribution in [0.15, 0.2) is 0 Å². The molecular formula is C12H18F3N5. The van der Waals surface area contributed by atoms with E-state index in [4.69, 9.17) is 5.73 Å². The van der Waals surface area contributed by atoms with Crippen LogP contribution in [0.3, 0.4) is 0 Å². The van der Waals surface area contributed by atoms with E-state index in [0.29, 0.717) is 5.92 Å². The number of nitrogens with one attached hydrogen (secondary N) is 1. The van der Waals surface area contributed by atoms with Crippen LogP contribution < -0.4 is 11.1 Å². The summed E-state index contributed by atoms with van der Waals surface area (Å²) in [6.45, 7) is 1.93. The standard InChI is InChI=1S/C12H18F3N5/c1-7(8-5-3-2-4-6-8)17-11-19-9(12(13,14)15)18-10(16)20-11/h7-8H,2-6H2,1H3,(H3,16,17,18,19,20). The number of anilines is 2. The summed E-state index contributed by atoms with van der Waals surface area (Å²) in [5, 5.41) is 2.92. The van der Waals surface area contributed by atoms with E-state index >= 15 is 0 Å². The molecule has 0 radical (unpaired) electrons. The van der Waals surface area contributed by atoms with E-state index in [1.165, 1.54) is 6.42 Å². The molecule has 112 valence electrons. The fourth-order valence-corrected chi connectivity index (χ4v) is 2.54. The molecule has 2 rings (SSSR count). The van der Waals surface area contributed by atoms with Crippen molar-refractivity contribution in [3.63, 3.8) is 0 Å². The molecule has 1 saturated carbocycles. The number of hydrogen-bond acceptors (Lipinski definition) is 5. The Bertz CT molecular complexity index is 457. The van der Waals surface area contributed by atoms with Gasteiger partial charge in [-0.05, 0) is 25.7 Å². The Hall–Kier alpha value is -1.60. The molecule has 1 aromatic rings. The van der Waals surface area contributed by atoms with Crippen molar-refractivity contribution < 1.29 is 13.2 Å². The lowest BCUT2D eigenvalue weighted by Gasteiger charge is -2.28. The van der Waals surface area contributed by atoms with Crippen LogP contribution in [-0.2, 0) is 6.18 Å². The molecule has 3 N–H and O–H groups in total. The number of hydrogen-bond donors (Lipinski definition) is 2. The molecule has 0 aliphatic heterocycles. The quantitative estimate of drug-likeness (QED) is 0.894. The molecule has 8 heteroatoms. The minimum absolute atomic E-state index is 0.0122. The van der Waals surface area contributed by atoms with E-state index in [9.17, 15) is 13.2 Å². The average molecular weight is 289 g/mol. The smallest absolute Gasteiger partial charge is 0.368 e. The summed E-state index contributed by atoms with van der Waals surface area (Å²) in [6.07, 6.45) is 1.05. The molecule has 1 aliphatic rings. The zero-order valence-electron chi connectivity index (χ0n) is 11.2. The Morgan fingerprint density at radius 3 is 2.40 bits per heavy atom. The Morgan fingerprint density at radius 2 is 1.80 bits per heavy atom. The molecule has 0 aromatic carbocycles. The van der Waals surface area contributed by atoms with Crippen molar-refractivity contribution in [3.8, 4) is 0 Å². The van der Waals surface area contributed by atoms with Crippen LogP contribution in [0.25, 0.3) is 0 Å². The van der Waals surface area contributed by atoms with Gasteiger partial charge in [0.15, 0.2) is 0 Å². The lowest BCUT2D eigenvalue weighted by atomic mass is 9.85. The van der Waals surface area contributed by atoms with E-state index in [2.05, 4.69) is 20.3 Å². The summed E-state index contributed by atoms with van der Waals surface area (Å²) in [5.41, 5.74) is 5.31. The summed E-state index contributed by atoms with van der Waals surface area (Å²) in [6, 6.07) is 0.0122. The van der Waals surface area contributed by atoms with Gasteiger partial charge >= 0.3 is 6.18 Å². The molecule has 0 saturated heterocycles. The van der Waals surface area contributed by atoms with Gasteiger partial charge in [-0.25, -0.2) is 0 Å². The van der Waals surface area contributed by atoms with E-state index in [0.717, 1.165) is 25.7 Å². The molecule has 1 aliphatic carbocycles. The number of nitrogens with two attached hydrogens (primary N) is 1. The number of nitrogen functional groups attached to an aromatic ring is 1. The van der Waals surface area contributed by atoms with Crippen molar-refractivity contribution in [3.05, 3.63) is 5.82 Å². The van der Waals surface area contributed by atoms with Crippen LogP contribution >= 0.6 is 0 Å². The normalized spacial score (nSPS) is 18.8. The van der Waals surface area contributed by atoms with Crippen LogP contribution in [0.5, 0.6) is 0 Å². The second-order valence-electron chi connectivity index (χ2n) is 5.17. The predicted molar refractivity (Wildman–Crippen MR) is 68.9 cm³/mol. The Balaban J connectivity index is 2.10. The Morgan fingerprint density at radius 1 is 1.15 bits per heavy atom. The van der Waals surface area contributed by atoms with Gasteiger partial charge in [0, 0.05) is 6.04 Å². The highest BCUT2D eigenvalue weighted by Crippen LogP contribution is 2.29. The first-order valence-electron chi connectivity index (χ1n) is 6.71. The van der Waals surface area contributed by atoms with Gasteiger partial charge in [0.05, 0.1) is 0 Å². The third-order valence-corrected chi connectivity index (χ3v) is 3.62. The summed E-state index contributed by atoms with van der Waals surface area (Å²) in [4.78, 5) is 10.2. The first kappa shape index (κ1) is 14.8. The zero-order chi connectivity index (χ0) is 14.8. The van der Waals surface area contributed by atoms with Crippen molar-refractivity contribution in [2.75, 3.05) is 11.1 Å².